The van der Waals surface area contributed by atoms with Crippen LogP contribution >= 0.6 is 0 Å². The lowest BCUT2D eigenvalue weighted by atomic mass is 9.69. The molecule has 0 saturated carbocycles. The van der Waals surface area contributed by atoms with Crippen molar-refractivity contribution >= 4 is 0 Å². The molecule has 1 heterocycles. The molecule has 0 aromatic heterocycles. The summed E-state index contributed by atoms with van der Waals surface area (Å²) in [7, 11) is 4.30. The second kappa shape index (κ2) is 10.7. The largest absolute Gasteiger partial charge is 0.378 e. The molecule has 0 radical (unpaired) electrons. The molecule has 23 heavy (non-hydrogen) atoms. The van der Waals surface area contributed by atoms with E-state index in [1.807, 2.05) is 0 Å². The molecule has 1 aliphatic heterocycles. The van der Waals surface area contributed by atoms with Crippen molar-refractivity contribution in [2.75, 3.05) is 40.3 Å². The Bertz CT molecular complexity index is 304. The molecule has 0 unspecified atom stereocenters. The Morgan fingerprint density at radius 1 is 1.13 bits per heavy atom. The van der Waals surface area contributed by atoms with E-state index in [0.29, 0.717) is 17.4 Å². The van der Waals surface area contributed by atoms with Crippen LogP contribution in [0.3, 0.4) is 0 Å². The number of hydrogen-bond acceptors (Lipinski definition) is 3. The first-order valence-corrected chi connectivity index (χ1v) is 9.82. The van der Waals surface area contributed by atoms with Gasteiger partial charge in [0.25, 0.3) is 0 Å². The third kappa shape index (κ3) is 8.51. The van der Waals surface area contributed by atoms with Crippen molar-refractivity contribution in [3.8, 4) is 0 Å². The Kier molecular flexibility index (Phi) is 9.72. The van der Waals surface area contributed by atoms with Gasteiger partial charge < -0.3 is 15.0 Å². The van der Waals surface area contributed by atoms with E-state index in [2.05, 4.69) is 52.0 Å². The van der Waals surface area contributed by atoms with Gasteiger partial charge in [-0.1, -0.05) is 34.1 Å². The summed E-state index contributed by atoms with van der Waals surface area (Å²) in [6, 6.07) is 0. The van der Waals surface area contributed by atoms with Crippen molar-refractivity contribution < 1.29 is 4.74 Å². The minimum Gasteiger partial charge on any atom is -0.378 e. The molecule has 0 aromatic carbocycles. The molecule has 1 aliphatic rings. The van der Waals surface area contributed by atoms with Gasteiger partial charge in [0.1, 0.15) is 0 Å². The van der Waals surface area contributed by atoms with Gasteiger partial charge in [-0.15, -0.1) is 0 Å². The molecule has 1 rings (SSSR count). The monoisotopic (exact) mass is 326 g/mol. The van der Waals surface area contributed by atoms with Gasteiger partial charge in [0, 0.05) is 6.61 Å². The Labute approximate surface area is 145 Å². The highest BCUT2D eigenvalue weighted by Crippen LogP contribution is 2.43. The Balaban J connectivity index is 2.45. The topological polar surface area (TPSA) is 24.5 Å². The summed E-state index contributed by atoms with van der Waals surface area (Å²) >= 11 is 0. The SMILES string of the molecule is CC(C)CC[C@]1(CCNCCCN(C)C)CCO[C@H](C(C)C)C1. The van der Waals surface area contributed by atoms with Gasteiger partial charge in [0.2, 0.25) is 0 Å². The van der Waals surface area contributed by atoms with Crippen molar-refractivity contribution in [1.82, 2.24) is 10.2 Å². The van der Waals surface area contributed by atoms with Crippen LogP contribution in [0.25, 0.3) is 0 Å². The van der Waals surface area contributed by atoms with Crippen LogP contribution in [0.4, 0.5) is 0 Å². The zero-order valence-electron chi connectivity index (χ0n) is 16.7. The lowest BCUT2D eigenvalue weighted by molar-refractivity contribution is -0.0761. The number of nitrogens with one attached hydrogen (secondary N) is 1. The molecule has 3 nitrogen and oxygen atoms in total. The van der Waals surface area contributed by atoms with Crippen LogP contribution in [0.5, 0.6) is 0 Å². The molecule has 3 heteroatoms. The summed E-state index contributed by atoms with van der Waals surface area (Å²) in [6.07, 6.45) is 8.25. The molecule has 138 valence electrons. The molecule has 1 saturated heterocycles. The number of ether oxygens (including phenoxy) is 1. The van der Waals surface area contributed by atoms with Crippen LogP contribution in [0.2, 0.25) is 0 Å². The van der Waals surface area contributed by atoms with Crippen LogP contribution in [0.15, 0.2) is 0 Å². The van der Waals surface area contributed by atoms with E-state index in [4.69, 9.17) is 4.74 Å². The van der Waals surface area contributed by atoms with E-state index in [1.165, 1.54) is 45.1 Å². The standard InChI is InChI=1S/C20H42N2O/c1-17(2)8-9-20(10-13-21-12-7-14-22(5)6)11-15-23-19(16-20)18(3)4/h17-19,21H,7-16H2,1-6H3/t19-,20-/m0/s1. The van der Waals surface area contributed by atoms with Crippen LogP contribution in [-0.4, -0.2) is 51.3 Å². The third-order valence-corrected chi connectivity index (χ3v) is 5.39. The minimum atomic E-state index is 0.463. The molecular weight excluding hydrogens is 284 g/mol. The Morgan fingerprint density at radius 3 is 2.48 bits per heavy atom. The molecule has 0 aromatic rings. The lowest BCUT2D eigenvalue weighted by Crippen LogP contribution is -2.40. The molecule has 0 bridgehead atoms. The van der Waals surface area contributed by atoms with Gasteiger partial charge in [-0.25, -0.2) is 0 Å². The van der Waals surface area contributed by atoms with Crippen molar-refractivity contribution in [3.63, 3.8) is 0 Å². The molecule has 1 N–H and O–H groups in total. The fourth-order valence-corrected chi connectivity index (χ4v) is 3.62. The van der Waals surface area contributed by atoms with E-state index >= 15 is 0 Å². The Morgan fingerprint density at radius 2 is 1.87 bits per heavy atom. The maximum absolute atomic E-state index is 6.05. The van der Waals surface area contributed by atoms with Crippen LogP contribution in [0, 0.1) is 17.3 Å². The minimum absolute atomic E-state index is 0.463. The highest BCUT2D eigenvalue weighted by molar-refractivity contribution is 4.88. The number of rotatable bonds is 11. The molecular formula is C20H42N2O. The normalized spacial score (nSPS) is 25.7. The maximum atomic E-state index is 6.05. The fourth-order valence-electron chi connectivity index (χ4n) is 3.62. The smallest absolute Gasteiger partial charge is 0.0603 e. The number of nitrogens with zero attached hydrogens (tertiary/aromatic N) is 1. The van der Waals surface area contributed by atoms with Crippen molar-refractivity contribution in [3.05, 3.63) is 0 Å². The van der Waals surface area contributed by atoms with Gasteiger partial charge in [-0.05, 0) is 83.1 Å². The maximum Gasteiger partial charge on any atom is 0.0603 e. The summed E-state index contributed by atoms with van der Waals surface area (Å²) in [5, 5.41) is 3.68. The Hall–Kier alpha value is -0.120. The first kappa shape index (κ1) is 20.9. The van der Waals surface area contributed by atoms with Crippen LogP contribution < -0.4 is 5.32 Å². The first-order chi connectivity index (χ1) is 10.8. The zero-order valence-corrected chi connectivity index (χ0v) is 16.7. The van der Waals surface area contributed by atoms with Gasteiger partial charge in [-0.2, -0.15) is 0 Å². The molecule has 0 aliphatic carbocycles. The third-order valence-electron chi connectivity index (χ3n) is 5.39. The molecule has 1 fully saturated rings. The van der Waals surface area contributed by atoms with Gasteiger partial charge in [0.15, 0.2) is 0 Å². The van der Waals surface area contributed by atoms with E-state index < -0.39 is 0 Å². The lowest BCUT2D eigenvalue weighted by Gasteiger charge is -2.43. The van der Waals surface area contributed by atoms with Gasteiger partial charge >= 0.3 is 0 Å². The van der Waals surface area contributed by atoms with E-state index in [0.717, 1.165) is 25.6 Å². The average Bonchev–Trinajstić information content (AvgIpc) is 2.49. The predicted molar refractivity (Wildman–Crippen MR) is 101 cm³/mol. The van der Waals surface area contributed by atoms with Crippen molar-refractivity contribution in [2.45, 2.75) is 72.3 Å². The molecule has 0 spiro atoms. The number of hydrogen-bond donors (Lipinski definition) is 1. The van der Waals surface area contributed by atoms with E-state index in [1.54, 1.807) is 0 Å². The van der Waals surface area contributed by atoms with E-state index in [9.17, 15) is 0 Å². The molecule has 0 amide bonds. The second-order valence-electron chi connectivity index (χ2n) is 8.70. The first-order valence-electron chi connectivity index (χ1n) is 9.82. The zero-order chi connectivity index (χ0) is 17.3. The fraction of sp³-hybridized carbons (Fsp3) is 1.00. The summed E-state index contributed by atoms with van der Waals surface area (Å²) in [5.41, 5.74) is 0.506. The van der Waals surface area contributed by atoms with Crippen LogP contribution in [-0.2, 0) is 4.74 Å². The van der Waals surface area contributed by atoms with Gasteiger partial charge in [-0.3, -0.25) is 0 Å². The highest BCUT2D eigenvalue weighted by Gasteiger charge is 2.37. The van der Waals surface area contributed by atoms with E-state index in [-0.39, 0.29) is 0 Å². The summed E-state index contributed by atoms with van der Waals surface area (Å²) in [6.45, 7) is 13.8. The van der Waals surface area contributed by atoms with Crippen molar-refractivity contribution in [1.29, 1.82) is 0 Å². The summed E-state index contributed by atoms with van der Waals surface area (Å²) in [5.74, 6) is 1.45. The predicted octanol–water partition coefficient (Wildman–Crippen LogP) is 4.18. The quantitative estimate of drug-likeness (QED) is 0.577. The summed E-state index contributed by atoms with van der Waals surface area (Å²) < 4.78 is 6.05. The summed E-state index contributed by atoms with van der Waals surface area (Å²) in [4.78, 5) is 2.26. The van der Waals surface area contributed by atoms with Crippen LogP contribution in [0.1, 0.15) is 66.2 Å². The second-order valence-corrected chi connectivity index (χ2v) is 8.70. The average molecular weight is 327 g/mol. The van der Waals surface area contributed by atoms with Gasteiger partial charge in [0.05, 0.1) is 6.10 Å². The highest BCUT2D eigenvalue weighted by atomic mass is 16.5. The van der Waals surface area contributed by atoms with Crippen molar-refractivity contribution in [2.24, 2.45) is 17.3 Å². The molecule has 2 atom stereocenters.